The number of piperidine rings is 1. The molecule has 0 amide bonds. The maximum atomic E-state index is 12.9. The van der Waals surface area contributed by atoms with Crippen molar-refractivity contribution in [1.82, 2.24) is 4.98 Å². The first-order valence-electron chi connectivity index (χ1n) is 6.67. The van der Waals surface area contributed by atoms with E-state index in [2.05, 4.69) is 4.98 Å². The Labute approximate surface area is 121 Å². The molecule has 0 radical (unpaired) electrons. The van der Waals surface area contributed by atoms with Crippen LogP contribution in [0.15, 0.2) is 6.07 Å². The zero-order valence-electron chi connectivity index (χ0n) is 11.6. The summed E-state index contributed by atoms with van der Waals surface area (Å²) in [6.45, 7) is 4.34. The van der Waals surface area contributed by atoms with Crippen molar-refractivity contribution in [2.24, 2.45) is 5.92 Å². The third kappa shape index (κ3) is 3.19. The molecule has 0 bridgehead atoms. The van der Waals surface area contributed by atoms with Crippen LogP contribution in [-0.4, -0.2) is 24.2 Å². The summed E-state index contributed by atoms with van der Waals surface area (Å²) in [4.78, 5) is 6.15. The number of rotatable bonds is 2. The second-order valence-corrected chi connectivity index (χ2v) is 5.61. The van der Waals surface area contributed by atoms with Gasteiger partial charge in [0.1, 0.15) is 5.82 Å². The van der Waals surface area contributed by atoms with Crippen LogP contribution < -0.4 is 4.90 Å². The van der Waals surface area contributed by atoms with Crippen LogP contribution in [0.5, 0.6) is 0 Å². The largest absolute Gasteiger partial charge is 0.393 e. The second kappa shape index (κ2) is 5.80. The van der Waals surface area contributed by atoms with Crippen LogP contribution in [0, 0.1) is 19.8 Å². The molecule has 1 aromatic rings. The van der Waals surface area contributed by atoms with Crippen molar-refractivity contribution >= 4 is 17.4 Å². The van der Waals surface area contributed by atoms with E-state index in [1.807, 2.05) is 19.9 Å². The van der Waals surface area contributed by atoms with E-state index in [4.69, 9.17) is 11.6 Å². The Hall–Kier alpha value is -0.970. The average Bonchev–Trinajstić information content (AvgIpc) is 2.37. The van der Waals surface area contributed by atoms with Gasteiger partial charge in [-0.1, -0.05) is 0 Å². The lowest BCUT2D eigenvalue weighted by Crippen LogP contribution is -2.42. The molecule has 2 heterocycles. The summed E-state index contributed by atoms with van der Waals surface area (Å²) in [5.41, 5.74) is 2.62. The molecule has 1 atom stereocenters. The van der Waals surface area contributed by atoms with Crippen molar-refractivity contribution in [2.45, 2.75) is 38.7 Å². The minimum absolute atomic E-state index is 0.0245. The highest BCUT2D eigenvalue weighted by Gasteiger charge is 2.42. The third-order valence-electron chi connectivity index (χ3n) is 3.77. The van der Waals surface area contributed by atoms with Crippen molar-refractivity contribution in [3.8, 4) is 0 Å². The lowest BCUT2D eigenvalue weighted by atomic mass is 9.97. The molecule has 0 saturated carbocycles. The van der Waals surface area contributed by atoms with Crippen molar-refractivity contribution < 1.29 is 13.2 Å². The van der Waals surface area contributed by atoms with Gasteiger partial charge in [-0.2, -0.15) is 13.2 Å². The molecule has 1 fully saturated rings. The minimum Gasteiger partial charge on any atom is -0.356 e. The molecular weight excluding hydrogens is 289 g/mol. The van der Waals surface area contributed by atoms with E-state index in [1.165, 1.54) is 0 Å². The molecule has 0 N–H and O–H groups in total. The average molecular weight is 307 g/mol. The fourth-order valence-corrected chi connectivity index (χ4v) is 3.04. The molecule has 6 heteroatoms. The predicted molar refractivity (Wildman–Crippen MR) is 74.3 cm³/mol. The molecular formula is C14H18ClF3N2. The minimum atomic E-state index is -4.14. The van der Waals surface area contributed by atoms with E-state index < -0.39 is 12.1 Å². The van der Waals surface area contributed by atoms with Gasteiger partial charge in [0.15, 0.2) is 0 Å². The topological polar surface area (TPSA) is 16.1 Å². The molecule has 2 rings (SSSR count). The molecule has 1 aliphatic heterocycles. The highest BCUT2D eigenvalue weighted by molar-refractivity contribution is 6.17. The standard InChI is InChI=1S/C14H18ClF3N2/c1-9-6-10(2)19-13(12(9)7-15)20-5-3-4-11(8-20)14(16,17)18/h6,11H,3-5,7-8H2,1-2H3. The Bertz CT molecular complexity index is 488. The highest BCUT2D eigenvalue weighted by Crippen LogP contribution is 2.35. The monoisotopic (exact) mass is 306 g/mol. The maximum Gasteiger partial charge on any atom is 0.393 e. The molecule has 20 heavy (non-hydrogen) atoms. The first kappa shape index (κ1) is 15.4. The van der Waals surface area contributed by atoms with Gasteiger partial charge in [0.25, 0.3) is 0 Å². The second-order valence-electron chi connectivity index (χ2n) is 5.34. The fraction of sp³-hybridized carbons (Fsp3) is 0.643. The van der Waals surface area contributed by atoms with Gasteiger partial charge in [-0.3, -0.25) is 0 Å². The smallest absolute Gasteiger partial charge is 0.356 e. The molecule has 1 aliphatic rings. The molecule has 1 saturated heterocycles. The van der Waals surface area contributed by atoms with Gasteiger partial charge in [-0.05, 0) is 38.3 Å². The van der Waals surface area contributed by atoms with Crippen LogP contribution in [0.25, 0.3) is 0 Å². The highest BCUT2D eigenvalue weighted by atomic mass is 35.5. The molecule has 112 valence electrons. The van der Waals surface area contributed by atoms with E-state index in [0.29, 0.717) is 18.8 Å². The molecule has 0 aliphatic carbocycles. The van der Waals surface area contributed by atoms with E-state index in [1.54, 1.807) is 4.90 Å². The molecule has 1 unspecified atom stereocenters. The van der Waals surface area contributed by atoms with Crippen LogP contribution >= 0.6 is 11.6 Å². The maximum absolute atomic E-state index is 12.9. The number of halogens is 4. The normalized spacial score (nSPS) is 20.3. The Morgan fingerprint density at radius 3 is 2.70 bits per heavy atom. The Kier molecular flexibility index (Phi) is 4.47. The molecule has 1 aromatic heterocycles. The number of hydrogen-bond acceptors (Lipinski definition) is 2. The van der Waals surface area contributed by atoms with E-state index in [0.717, 1.165) is 16.8 Å². The number of pyridine rings is 1. The van der Waals surface area contributed by atoms with Crippen molar-refractivity contribution in [3.05, 3.63) is 22.9 Å². The Morgan fingerprint density at radius 2 is 2.10 bits per heavy atom. The summed E-state index contributed by atoms with van der Waals surface area (Å²) < 4.78 is 38.7. The lowest BCUT2D eigenvalue weighted by Gasteiger charge is -2.35. The van der Waals surface area contributed by atoms with Crippen LogP contribution in [0.4, 0.5) is 19.0 Å². The van der Waals surface area contributed by atoms with Crippen LogP contribution in [0.1, 0.15) is 29.7 Å². The summed E-state index contributed by atoms with van der Waals surface area (Å²) in [6, 6.07) is 1.91. The number of hydrogen-bond donors (Lipinski definition) is 0. The van der Waals surface area contributed by atoms with E-state index >= 15 is 0 Å². The van der Waals surface area contributed by atoms with Crippen molar-refractivity contribution in [2.75, 3.05) is 18.0 Å². The SMILES string of the molecule is Cc1cc(C)c(CCl)c(N2CCCC(C(F)(F)F)C2)n1. The van der Waals surface area contributed by atoms with Gasteiger partial charge in [-0.15, -0.1) is 11.6 Å². The van der Waals surface area contributed by atoms with Crippen molar-refractivity contribution in [1.29, 1.82) is 0 Å². The number of alkyl halides is 4. The number of aromatic nitrogens is 1. The first-order valence-corrected chi connectivity index (χ1v) is 7.21. The Morgan fingerprint density at radius 1 is 1.40 bits per heavy atom. The fourth-order valence-electron chi connectivity index (χ4n) is 2.71. The number of nitrogens with zero attached hydrogens (tertiary/aromatic N) is 2. The predicted octanol–water partition coefficient (Wildman–Crippen LogP) is 4.22. The van der Waals surface area contributed by atoms with Crippen LogP contribution in [-0.2, 0) is 5.88 Å². The molecule has 0 spiro atoms. The van der Waals surface area contributed by atoms with E-state index in [-0.39, 0.29) is 18.8 Å². The van der Waals surface area contributed by atoms with Crippen LogP contribution in [0.3, 0.4) is 0 Å². The zero-order valence-corrected chi connectivity index (χ0v) is 12.4. The quantitative estimate of drug-likeness (QED) is 0.761. The third-order valence-corrected chi connectivity index (χ3v) is 4.04. The summed E-state index contributed by atoms with van der Waals surface area (Å²) >= 11 is 5.95. The van der Waals surface area contributed by atoms with Gasteiger partial charge >= 0.3 is 6.18 Å². The lowest BCUT2D eigenvalue weighted by molar-refractivity contribution is -0.176. The van der Waals surface area contributed by atoms with E-state index in [9.17, 15) is 13.2 Å². The summed E-state index contributed by atoms with van der Waals surface area (Å²) in [7, 11) is 0. The zero-order chi connectivity index (χ0) is 14.9. The number of aryl methyl sites for hydroxylation is 2. The van der Waals surface area contributed by atoms with Gasteiger partial charge < -0.3 is 4.90 Å². The summed E-state index contributed by atoms with van der Waals surface area (Å²) in [5, 5.41) is 0. The molecule has 0 aromatic carbocycles. The molecule has 2 nitrogen and oxygen atoms in total. The van der Waals surface area contributed by atoms with Gasteiger partial charge in [0.2, 0.25) is 0 Å². The summed E-state index contributed by atoms with van der Waals surface area (Å²) in [6.07, 6.45) is -3.42. The Balaban J connectivity index is 2.31. The van der Waals surface area contributed by atoms with Gasteiger partial charge in [-0.25, -0.2) is 4.98 Å². The van der Waals surface area contributed by atoms with Gasteiger partial charge in [0, 0.05) is 24.3 Å². The van der Waals surface area contributed by atoms with Crippen LogP contribution in [0.2, 0.25) is 0 Å². The summed E-state index contributed by atoms with van der Waals surface area (Å²) in [5.74, 6) is -0.393. The van der Waals surface area contributed by atoms with Gasteiger partial charge in [0.05, 0.1) is 11.8 Å². The number of anilines is 1. The van der Waals surface area contributed by atoms with Crippen molar-refractivity contribution in [3.63, 3.8) is 0 Å². The first-order chi connectivity index (χ1) is 9.32.